The number of rotatable bonds is 6. The summed E-state index contributed by atoms with van der Waals surface area (Å²) in [7, 11) is -1.93. The highest BCUT2D eigenvalue weighted by atomic mass is 32.2. The van der Waals surface area contributed by atoms with E-state index in [2.05, 4.69) is 15.5 Å². The Morgan fingerprint density at radius 3 is 2.65 bits per heavy atom. The van der Waals surface area contributed by atoms with E-state index in [-0.39, 0.29) is 15.0 Å². The van der Waals surface area contributed by atoms with Crippen LogP contribution in [0.2, 0.25) is 0 Å². The van der Waals surface area contributed by atoms with Gasteiger partial charge in [-0.2, -0.15) is 5.26 Å². The number of nitriles is 1. The predicted octanol–water partition coefficient (Wildman–Crippen LogP) is 2.90. The number of amides is 1. The van der Waals surface area contributed by atoms with Gasteiger partial charge in [0.25, 0.3) is 5.91 Å². The summed E-state index contributed by atoms with van der Waals surface area (Å²) in [6.07, 6.45) is 2.48. The van der Waals surface area contributed by atoms with Gasteiger partial charge in [-0.25, -0.2) is 8.42 Å². The summed E-state index contributed by atoms with van der Waals surface area (Å²) in [5.41, 5.74) is 3.18. The second kappa shape index (κ2) is 8.71. The molecule has 0 spiro atoms. The first-order valence-electron chi connectivity index (χ1n) is 8.94. The number of aromatic nitrogens is 3. The van der Waals surface area contributed by atoms with Crippen LogP contribution in [0.3, 0.4) is 0 Å². The van der Waals surface area contributed by atoms with Crippen LogP contribution in [0.4, 0.5) is 5.13 Å². The van der Waals surface area contributed by atoms with Gasteiger partial charge in [0.05, 0.1) is 7.11 Å². The van der Waals surface area contributed by atoms with Gasteiger partial charge in [0.2, 0.25) is 19.3 Å². The van der Waals surface area contributed by atoms with Crippen molar-refractivity contribution in [3.63, 3.8) is 0 Å². The number of ether oxygens (including phenoxy) is 1. The lowest BCUT2D eigenvalue weighted by Crippen LogP contribution is -2.13. The molecule has 0 bridgehead atoms. The number of carbonyl (C=O) groups excluding carboxylic acids is 1. The first-order valence-corrected chi connectivity index (χ1v) is 11.6. The number of anilines is 1. The van der Waals surface area contributed by atoms with Crippen LogP contribution in [0, 0.1) is 25.2 Å². The third kappa shape index (κ3) is 4.82. The van der Waals surface area contributed by atoms with Crippen LogP contribution in [0.15, 0.2) is 40.2 Å². The molecular weight excluding hydrogens is 438 g/mol. The van der Waals surface area contributed by atoms with Crippen molar-refractivity contribution in [2.75, 3.05) is 18.7 Å². The van der Waals surface area contributed by atoms with E-state index in [4.69, 9.17) is 4.74 Å². The summed E-state index contributed by atoms with van der Waals surface area (Å²) in [5.74, 6) is 0.00888. The van der Waals surface area contributed by atoms with Crippen molar-refractivity contribution in [2.24, 2.45) is 0 Å². The minimum Gasteiger partial charge on any atom is -0.497 e. The van der Waals surface area contributed by atoms with Crippen LogP contribution in [0.5, 0.6) is 5.75 Å². The molecule has 2 heterocycles. The molecule has 0 saturated carbocycles. The summed E-state index contributed by atoms with van der Waals surface area (Å²) in [5, 5.41) is 19.1. The average molecular weight is 458 g/mol. The molecule has 0 aliphatic carbocycles. The van der Waals surface area contributed by atoms with Crippen molar-refractivity contribution in [3.8, 4) is 17.5 Å². The van der Waals surface area contributed by atoms with Crippen LogP contribution in [-0.2, 0) is 14.6 Å². The van der Waals surface area contributed by atoms with Crippen LogP contribution in [0.1, 0.15) is 17.0 Å². The van der Waals surface area contributed by atoms with E-state index in [1.807, 2.05) is 54.8 Å². The molecule has 2 aromatic heterocycles. The second-order valence-corrected chi connectivity index (χ2v) is 9.80. The predicted molar refractivity (Wildman–Crippen MR) is 117 cm³/mol. The van der Waals surface area contributed by atoms with Crippen molar-refractivity contribution < 1.29 is 17.9 Å². The zero-order valence-electron chi connectivity index (χ0n) is 17.2. The molecule has 3 aromatic rings. The number of methoxy groups -OCH3 is 1. The summed E-state index contributed by atoms with van der Waals surface area (Å²) in [6.45, 7) is 3.80. The Kier molecular flexibility index (Phi) is 6.24. The lowest BCUT2D eigenvalue weighted by Gasteiger charge is -2.11. The van der Waals surface area contributed by atoms with Gasteiger partial charge >= 0.3 is 0 Å². The van der Waals surface area contributed by atoms with Crippen LogP contribution < -0.4 is 10.1 Å². The van der Waals surface area contributed by atoms with Crippen LogP contribution in [0.25, 0.3) is 11.8 Å². The van der Waals surface area contributed by atoms with Crippen LogP contribution in [-0.4, -0.2) is 42.5 Å². The van der Waals surface area contributed by atoms with Gasteiger partial charge < -0.3 is 9.30 Å². The molecule has 11 heteroatoms. The van der Waals surface area contributed by atoms with Crippen molar-refractivity contribution in [3.05, 3.63) is 52.9 Å². The number of hydrogen-bond acceptors (Lipinski definition) is 8. The summed E-state index contributed by atoms with van der Waals surface area (Å²) in [6, 6.07) is 11.3. The Bertz CT molecular complexity index is 1330. The topological polar surface area (TPSA) is 127 Å². The van der Waals surface area contributed by atoms with Gasteiger partial charge in [0, 0.05) is 29.4 Å². The summed E-state index contributed by atoms with van der Waals surface area (Å²) < 4.78 is 30.1. The molecule has 0 fully saturated rings. The number of nitrogens with one attached hydrogen (secondary N) is 1. The lowest BCUT2D eigenvalue weighted by molar-refractivity contribution is -0.112. The number of benzene rings is 1. The monoisotopic (exact) mass is 457 g/mol. The maximum absolute atomic E-state index is 12.5. The Labute approximate surface area is 183 Å². The SMILES string of the molecule is COc1cccc(-n2c(C)cc(/C=C(/C#N)C(=O)Nc3nnc(S(C)(=O)=O)s3)c2C)c1. The number of sulfone groups is 1. The largest absolute Gasteiger partial charge is 0.497 e. The van der Waals surface area contributed by atoms with Crippen molar-refractivity contribution >= 4 is 38.3 Å². The third-order valence-electron chi connectivity index (χ3n) is 4.39. The molecule has 0 unspecified atom stereocenters. The van der Waals surface area contributed by atoms with E-state index in [0.29, 0.717) is 11.3 Å². The van der Waals surface area contributed by atoms with Gasteiger partial charge in [-0.15, -0.1) is 10.2 Å². The minimum atomic E-state index is -3.53. The average Bonchev–Trinajstić information content (AvgIpc) is 3.30. The fourth-order valence-electron chi connectivity index (χ4n) is 2.96. The van der Waals surface area contributed by atoms with Crippen molar-refractivity contribution in [1.82, 2.24) is 14.8 Å². The molecule has 0 radical (unpaired) electrons. The molecule has 0 aliphatic rings. The van der Waals surface area contributed by atoms with Gasteiger partial charge in [0.15, 0.2) is 0 Å². The minimum absolute atomic E-state index is 0.00608. The van der Waals surface area contributed by atoms with E-state index >= 15 is 0 Å². The lowest BCUT2D eigenvalue weighted by atomic mass is 10.1. The summed E-state index contributed by atoms with van der Waals surface area (Å²) >= 11 is 0.718. The zero-order valence-corrected chi connectivity index (χ0v) is 18.8. The van der Waals surface area contributed by atoms with Gasteiger partial charge in [-0.05, 0) is 43.7 Å². The van der Waals surface area contributed by atoms with Gasteiger partial charge in [-0.3, -0.25) is 10.1 Å². The first kappa shape index (κ1) is 22.2. The maximum Gasteiger partial charge on any atom is 0.268 e. The summed E-state index contributed by atoms with van der Waals surface area (Å²) in [4.78, 5) is 12.5. The molecule has 1 amide bonds. The second-order valence-electron chi connectivity index (χ2n) is 6.63. The van der Waals surface area contributed by atoms with E-state index in [1.54, 1.807) is 7.11 Å². The molecule has 31 heavy (non-hydrogen) atoms. The Morgan fingerprint density at radius 1 is 1.29 bits per heavy atom. The number of aryl methyl sites for hydroxylation is 1. The van der Waals surface area contributed by atoms with Crippen molar-refractivity contribution in [2.45, 2.75) is 18.2 Å². The van der Waals surface area contributed by atoms with E-state index in [9.17, 15) is 18.5 Å². The maximum atomic E-state index is 12.5. The Morgan fingerprint density at radius 2 is 2.03 bits per heavy atom. The molecule has 3 rings (SSSR count). The van der Waals surface area contributed by atoms with Gasteiger partial charge in [-0.1, -0.05) is 17.4 Å². The van der Waals surface area contributed by atoms with Crippen LogP contribution >= 0.6 is 11.3 Å². The van der Waals surface area contributed by atoms with E-state index in [0.717, 1.165) is 34.7 Å². The molecule has 9 nitrogen and oxygen atoms in total. The normalized spacial score (nSPS) is 11.8. The van der Waals surface area contributed by atoms with Gasteiger partial charge in [0.1, 0.15) is 17.4 Å². The standard InChI is InChI=1S/C20H19N5O4S2/c1-12-8-14(13(2)25(12)16-6-5-7-17(10-16)29-3)9-15(11-21)18(26)22-19-23-24-20(30-19)31(4,27)28/h5-10H,1-4H3,(H,22,23,26)/b15-9-. The highest BCUT2D eigenvalue weighted by molar-refractivity contribution is 7.92. The fourth-order valence-corrected chi connectivity index (χ4v) is 4.46. The van der Waals surface area contributed by atoms with Crippen molar-refractivity contribution in [1.29, 1.82) is 5.26 Å². The third-order valence-corrected chi connectivity index (χ3v) is 6.90. The molecule has 0 aliphatic heterocycles. The number of carbonyl (C=O) groups is 1. The first-order chi connectivity index (χ1) is 14.6. The molecule has 1 N–H and O–H groups in total. The highest BCUT2D eigenvalue weighted by Crippen LogP contribution is 2.26. The quantitative estimate of drug-likeness (QED) is 0.342. The Balaban J connectivity index is 1.91. The highest BCUT2D eigenvalue weighted by Gasteiger charge is 2.18. The number of hydrogen-bond donors (Lipinski definition) is 1. The molecule has 0 saturated heterocycles. The number of nitrogens with zero attached hydrogens (tertiary/aromatic N) is 4. The zero-order chi connectivity index (χ0) is 22.8. The smallest absolute Gasteiger partial charge is 0.268 e. The molecule has 160 valence electrons. The van der Waals surface area contributed by atoms with E-state index < -0.39 is 15.7 Å². The molecular formula is C20H19N5O4S2. The molecule has 1 aromatic carbocycles. The van der Waals surface area contributed by atoms with E-state index in [1.165, 1.54) is 6.08 Å². The fraction of sp³-hybridized carbons (Fsp3) is 0.200. The molecule has 0 atom stereocenters. The Hall–Kier alpha value is -3.49.